The molecule has 1 unspecified atom stereocenters. The second-order valence-electron chi connectivity index (χ2n) is 5.68. The molecule has 0 aliphatic carbocycles. The van der Waals surface area contributed by atoms with E-state index in [1.54, 1.807) is 29.4 Å². The highest BCUT2D eigenvalue weighted by Gasteiger charge is 2.16. The molecule has 5 nitrogen and oxygen atoms in total. The smallest absolute Gasteiger partial charge is 0.220 e. The van der Waals surface area contributed by atoms with Crippen molar-refractivity contribution in [3.63, 3.8) is 0 Å². The standard InChI is InChI=1S/C16H21N3O2S2/c1-10-11(2)23-16-14(10)15(18-9-19-16)22-7-5-13(20)17-8-12-4-3-6-21-12/h9,12H,3-8H2,1-2H3,(H,17,20). The fourth-order valence-electron chi connectivity index (χ4n) is 2.62. The number of hydrogen-bond donors (Lipinski definition) is 1. The molecule has 1 fully saturated rings. The van der Waals surface area contributed by atoms with Crippen molar-refractivity contribution in [2.75, 3.05) is 18.9 Å². The molecule has 1 aliphatic rings. The number of thioether (sulfide) groups is 1. The summed E-state index contributed by atoms with van der Waals surface area (Å²) in [6, 6.07) is 0. The molecule has 0 saturated carbocycles. The first-order valence-corrected chi connectivity index (χ1v) is 9.67. The molecule has 2 aromatic heterocycles. The number of hydrogen-bond acceptors (Lipinski definition) is 6. The van der Waals surface area contributed by atoms with E-state index in [1.807, 2.05) is 0 Å². The van der Waals surface area contributed by atoms with Crippen LogP contribution in [0.5, 0.6) is 0 Å². The number of carbonyl (C=O) groups is 1. The van der Waals surface area contributed by atoms with Crippen molar-refractivity contribution in [2.24, 2.45) is 0 Å². The molecule has 1 amide bonds. The average Bonchev–Trinajstić information content (AvgIpc) is 3.15. The van der Waals surface area contributed by atoms with E-state index in [0.29, 0.717) is 13.0 Å². The van der Waals surface area contributed by atoms with Gasteiger partial charge in [0.2, 0.25) is 5.91 Å². The predicted octanol–water partition coefficient (Wildman–Crippen LogP) is 3.09. The molecule has 1 atom stereocenters. The van der Waals surface area contributed by atoms with Crippen LogP contribution in [0.25, 0.3) is 10.2 Å². The van der Waals surface area contributed by atoms with E-state index in [0.717, 1.165) is 40.4 Å². The summed E-state index contributed by atoms with van der Waals surface area (Å²) in [6.07, 6.45) is 4.44. The Morgan fingerprint density at radius 1 is 1.48 bits per heavy atom. The molecule has 0 spiro atoms. The van der Waals surface area contributed by atoms with Gasteiger partial charge in [0, 0.05) is 35.6 Å². The minimum atomic E-state index is 0.0801. The number of nitrogens with one attached hydrogen (secondary N) is 1. The number of fused-ring (bicyclic) bond motifs is 1. The van der Waals surface area contributed by atoms with Gasteiger partial charge in [0.05, 0.1) is 6.10 Å². The molecule has 2 aromatic rings. The highest BCUT2D eigenvalue weighted by molar-refractivity contribution is 7.99. The van der Waals surface area contributed by atoms with Crippen molar-refractivity contribution in [1.82, 2.24) is 15.3 Å². The van der Waals surface area contributed by atoms with Crippen LogP contribution in [0.15, 0.2) is 11.4 Å². The third-order valence-electron chi connectivity index (χ3n) is 4.05. The molecule has 0 radical (unpaired) electrons. The normalized spacial score (nSPS) is 17.7. The Morgan fingerprint density at radius 2 is 2.35 bits per heavy atom. The second kappa shape index (κ2) is 7.59. The molecule has 7 heteroatoms. The number of amides is 1. The topological polar surface area (TPSA) is 64.1 Å². The van der Waals surface area contributed by atoms with Gasteiger partial charge in [-0.15, -0.1) is 23.1 Å². The molecule has 0 bridgehead atoms. The molecule has 1 aliphatic heterocycles. The zero-order valence-electron chi connectivity index (χ0n) is 13.4. The van der Waals surface area contributed by atoms with Crippen LogP contribution in [0.4, 0.5) is 0 Å². The Balaban J connectivity index is 1.51. The summed E-state index contributed by atoms with van der Waals surface area (Å²) in [5, 5.41) is 5.07. The lowest BCUT2D eigenvalue weighted by atomic mass is 10.2. The van der Waals surface area contributed by atoms with Crippen LogP contribution in [-0.2, 0) is 9.53 Å². The third kappa shape index (κ3) is 4.02. The maximum Gasteiger partial charge on any atom is 0.220 e. The zero-order valence-corrected chi connectivity index (χ0v) is 15.1. The molecule has 124 valence electrons. The zero-order chi connectivity index (χ0) is 16.2. The van der Waals surface area contributed by atoms with E-state index in [9.17, 15) is 4.79 Å². The largest absolute Gasteiger partial charge is 0.376 e. The summed E-state index contributed by atoms with van der Waals surface area (Å²) in [7, 11) is 0. The van der Waals surface area contributed by atoms with Gasteiger partial charge in [-0.2, -0.15) is 0 Å². The van der Waals surface area contributed by atoms with Gasteiger partial charge in [-0.3, -0.25) is 4.79 Å². The first-order chi connectivity index (χ1) is 11.1. The third-order valence-corrected chi connectivity index (χ3v) is 6.16. The fraction of sp³-hybridized carbons (Fsp3) is 0.562. The quantitative estimate of drug-likeness (QED) is 0.640. The second-order valence-corrected chi connectivity index (χ2v) is 7.97. The van der Waals surface area contributed by atoms with Crippen LogP contribution in [-0.4, -0.2) is 40.9 Å². The summed E-state index contributed by atoms with van der Waals surface area (Å²) in [4.78, 5) is 23.0. The van der Waals surface area contributed by atoms with E-state index in [4.69, 9.17) is 4.74 Å². The van der Waals surface area contributed by atoms with Gasteiger partial charge in [0.15, 0.2) is 0 Å². The predicted molar refractivity (Wildman–Crippen MR) is 94.2 cm³/mol. The van der Waals surface area contributed by atoms with Crippen LogP contribution >= 0.6 is 23.1 Å². The number of aromatic nitrogens is 2. The van der Waals surface area contributed by atoms with Crippen LogP contribution in [0.1, 0.15) is 29.7 Å². The molecule has 0 aromatic carbocycles. The van der Waals surface area contributed by atoms with Crippen molar-refractivity contribution < 1.29 is 9.53 Å². The Labute approximate surface area is 144 Å². The summed E-state index contributed by atoms with van der Waals surface area (Å²) in [5.74, 6) is 0.800. The van der Waals surface area contributed by atoms with Gasteiger partial charge in [0.1, 0.15) is 16.2 Å². The van der Waals surface area contributed by atoms with E-state index < -0.39 is 0 Å². The molecular weight excluding hydrogens is 330 g/mol. The highest BCUT2D eigenvalue weighted by Crippen LogP contribution is 2.34. The summed E-state index contributed by atoms with van der Waals surface area (Å²) >= 11 is 3.32. The van der Waals surface area contributed by atoms with E-state index in [-0.39, 0.29) is 12.0 Å². The average molecular weight is 351 g/mol. The SMILES string of the molecule is Cc1sc2ncnc(SCCC(=O)NCC3CCCO3)c2c1C. The Kier molecular flexibility index (Phi) is 5.50. The van der Waals surface area contributed by atoms with Crippen LogP contribution in [0.2, 0.25) is 0 Å². The van der Waals surface area contributed by atoms with Crippen molar-refractivity contribution in [3.8, 4) is 0 Å². The Morgan fingerprint density at radius 3 is 3.13 bits per heavy atom. The van der Waals surface area contributed by atoms with E-state index in [2.05, 4.69) is 29.1 Å². The minimum absolute atomic E-state index is 0.0801. The summed E-state index contributed by atoms with van der Waals surface area (Å²) < 4.78 is 5.51. The lowest BCUT2D eigenvalue weighted by molar-refractivity contribution is -0.121. The molecular formula is C16H21N3O2S2. The number of rotatable bonds is 6. The van der Waals surface area contributed by atoms with Crippen molar-refractivity contribution in [1.29, 1.82) is 0 Å². The molecule has 1 N–H and O–H groups in total. The number of aryl methyl sites for hydroxylation is 2. The summed E-state index contributed by atoms with van der Waals surface area (Å²) in [5.41, 5.74) is 1.25. The van der Waals surface area contributed by atoms with Crippen LogP contribution in [0.3, 0.4) is 0 Å². The van der Waals surface area contributed by atoms with Gasteiger partial charge in [-0.25, -0.2) is 9.97 Å². The number of thiophene rings is 1. The Bertz CT molecular complexity index is 696. The maximum atomic E-state index is 11.9. The van der Waals surface area contributed by atoms with Gasteiger partial charge in [0.25, 0.3) is 0 Å². The maximum absolute atomic E-state index is 11.9. The Hall–Kier alpha value is -1.18. The number of carbonyl (C=O) groups excluding carboxylic acids is 1. The lowest BCUT2D eigenvalue weighted by Crippen LogP contribution is -2.31. The minimum Gasteiger partial charge on any atom is -0.376 e. The molecule has 3 rings (SSSR count). The molecule has 3 heterocycles. The van der Waals surface area contributed by atoms with Crippen LogP contribution in [0, 0.1) is 13.8 Å². The number of nitrogens with zero attached hydrogens (tertiary/aromatic N) is 2. The van der Waals surface area contributed by atoms with E-state index in [1.165, 1.54) is 10.4 Å². The van der Waals surface area contributed by atoms with Gasteiger partial charge >= 0.3 is 0 Å². The van der Waals surface area contributed by atoms with Gasteiger partial charge in [-0.05, 0) is 32.3 Å². The van der Waals surface area contributed by atoms with Gasteiger partial charge < -0.3 is 10.1 Å². The molecule has 1 saturated heterocycles. The lowest BCUT2D eigenvalue weighted by Gasteiger charge is -2.10. The van der Waals surface area contributed by atoms with Crippen LogP contribution < -0.4 is 5.32 Å². The monoisotopic (exact) mass is 351 g/mol. The van der Waals surface area contributed by atoms with Crippen molar-refractivity contribution in [3.05, 3.63) is 16.8 Å². The van der Waals surface area contributed by atoms with Gasteiger partial charge in [-0.1, -0.05) is 0 Å². The fourth-order valence-corrected chi connectivity index (χ4v) is 4.68. The number of ether oxygens (including phenoxy) is 1. The first-order valence-electron chi connectivity index (χ1n) is 7.87. The van der Waals surface area contributed by atoms with Crippen molar-refractivity contribution in [2.45, 2.75) is 44.2 Å². The molecule has 23 heavy (non-hydrogen) atoms. The first kappa shape index (κ1) is 16.7. The van der Waals surface area contributed by atoms with E-state index >= 15 is 0 Å². The summed E-state index contributed by atoms with van der Waals surface area (Å²) in [6.45, 7) is 5.66. The van der Waals surface area contributed by atoms with Crippen molar-refractivity contribution >= 4 is 39.2 Å². The highest BCUT2D eigenvalue weighted by atomic mass is 32.2.